The Labute approximate surface area is 177 Å². The summed E-state index contributed by atoms with van der Waals surface area (Å²) in [5.74, 6) is -2.57. The molecule has 1 fully saturated rings. The number of Topliss-reactive ketones (excluding diaryl/α,β-unsaturated/α-hetero) is 1. The van der Waals surface area contributed by atoms with Gasteiger partial charge >= 0.3 is 11.9 Å². The Morgan fingerprint density at radius 1 is 1.07 bits per heavy atom. The number of anilines is 2. The summed E-state index contributed by atoms with van der Waals surface area (Å²) in [7, 11) is 0. The molecule has 0 saturated carbocycles. The number of nitrogens with zero attached hydrogens (tertiary/aromatic N) is 2. The molecule has 1 unspecified atom stereocenters. The fraction of sp³-hybridized carbons (Fsp3) is 0.200. The number of hydrogen-bond acceptors (Lipinski definition) is 6. The summed E-state index contributed by atoms with van der Waals surface area (Å²) < 4.78 is 5.16. The number of rotatable bonds is 5. The van der Waals surface area contributed by atoms with Crippen molar-refractivity contribution in [2.24, 2.45) is 5.10 Å². The number of carbonyl (C=O) groups excluding carboxylic acids is 3. The highest BCUT2D eigenvalue weighted by molar-refractivity contribution is 6.75. The number of amides is 1. The second kappa shape index (κ2) is 8.23. The zero-order chi connectivity index (χ0) is 21.2. The second-order valence-electron chi connectivity index (χ2n) is 6.32. The first kappa shape index (κ1) is 20.8. The Morgan fingerprint density at radius 2 is 1.62 bits per heavy atom. The Bertz CT molecular complexity index is 990. The molecule has 1 N–H and O–H groups in total. The van der Waals surface area contributed by atoms with Gasteiger partial charge in [-0.3, -0.25) is 19.9 Å². The van der Waals surface area contributed by atoms with Crippen molar-refractivity contribution < 1.29 is 19.1 Å². The predicted molar refractivity (Wildman–Crippen MR) is 111 cm³/mol. The molecule has 3 rings (SSSR count). The topological polar surface area (TPSA) is 88.1 Å². The zero-order valence-corrected chi connectivity index (χ0v) is 17.1. The highest BCUT2D eigenvalue weighted by atomic mass is 35.5. The number of hydrogen-bond donors (Lipinski definition) is 1. The van der Waals surface area contributed by atoms with E-state index in [9.17, 15) is 14.4 Å². The van der Waals surface area contributed by atoms with Gasteiger partial charge in [-0.15, -0.1) is 0 Å². The van der Waals surface area contributed by atoms with Crippen LogP contribution in [0.4, 0.5) is 11.4 Å². The number of benzene rings is 2. The van der Waals surface area contributed by atoms with Crippen LogP contribution in [0.3, 0.4) is 0 Å². The van der Waals surface area contributed by atoms with Crippen LogP contribution in [0.1, 0.15) is 13.8 Å². The van der Waals surface area contributed by atoms with E-state index in [2.05, 4.69) is 10.5 Å². The number of hydrazone groups is 1. The van der Waals surface area contributed by atoms with Crippen LogP contribution >= 0.6 is 23.2 Å². The summed E-state index contributed by atoms with van der Waals surface area (Å²) in [6.07, 6.45) is 0. The summed E-state index contributed by atoms with van der Waals surface area (Å²) in [6.45, 7) is 3.13. The third kappa shape index (κ3) is 3.83. The summed E-state index contributed by atoms with van der Waals surface area (Å²) in [5.41, 5.74) is 1.52. The molecule has 1 amide bonds. The van der Waals surface area contributed by atoms with Crippen molar-refractivity contribution in [2.75, 3.05) is 16.9 Å². The number of ketones is 1. The first-order chi connectivity index (χ1) is 13.8. The number of esters is 1. The van der Waals surface area contributed by atoms with Crippen molar-refractivity contribution in [1.82, 2.24) is 0 Å². The summed E-state index contributed by atoms with van der Waals surface area (Å²) in [4.78, 5) is 39.5. The van der Waals surface area contributed by atoms with Crippen LogP contribution in [0.2, 0.25) is 10.0 Å². The molecule has 1 aliphatic rings. The summed E-state index contributed by atoms with van der Waals surface area (Å²) in [5, 5.41) is 5.06. The smallest absolute Gasteiger partial charge is 0.338 e. The minimum atomic E-state index is -1.75. The lowest BCUT2D eigenvalue weighted by Gasteiger charge is -2.31. The minimum Gasteiger partial charge on any atom is -0.464 e. The fourth-order valence-electron chi connectivity index (χ4n) is 2.96. The average molecular weight is 434 g/mol. The number of halogens is 2. The highest BCUT2D eigenvalue weighted by Gasteiger charge is 2.60. The van der Waals surface area contributed by atoms with Gasteiger partial charge in [0.1, 0.15) is 0 Å². The van der Waals surface area contributed by atoms with Crippen molar-refractivity contribution in [3.63, 3.8) is 0 Å². The standard InChI is InChI=1S/C20H17Cl2N3O4/c1-3-29-19(28)20(2)17(24-23-14-8-4-12(21)5-9-14)16(26)18(27)25(20)15-10-6-13(22)7-11-15/h4-11,23H,3H2,1-2H3/b24-17-. The lowest BCUT2D eigenvalue weighted by molar-refractivity contribution is -0.147. The van der Waals surface area contributed by atoms with E-state index in [1.54, 1.807) is 55.5 Å². The van der Waals surface area contributed by atoms with Crippen molar-refractivity contribution in [1.29, 1.82) is 0 Å². The lowest BCUT2D eigenvalue weighted by atomic mass is 9.95. The van der Waals surface area contributed by atoms with Crippen molar-refractivity contribution in [3.05, 3.63) is 58.6 Å². The molecule has 2 aromatic rings. The Kier molecular flexibility index (Phi) is 5.91. The van der Waals surface area contributed by atoms with Crippen LogP contribution in [-0.2, 0) is 19.1 Å². The van der Waals surface area contributed by atoms with E-state index in [-0.39, 0.29) is 12.3 Å². The quantitative estimate of drug-likeness (QED) is 0.441. The molecule has 0 aromatic heterocycles. The maximum absolute atomic E-state index is 12.9. The molecule has 1 heterocycles. The number of ether oxygens (including phenoxy) is 1. The molecule has 0 bridgehead atoms. The van der Waals surface area contributed by atoms with Gasteiger partial charge in [0.2, 0.25) is 0 Å². The zero-order valence-electron chi connectivity index (χ0n) is 15.6. The molecule has 1 atom stereocenters. The summed E-state index contributed by atoms with van der Waals surface area (Å²) >= 11 is 11.8. The highest BCUT2D eigenvalue weighted by Crippen LogP contribution is 2.34. The van der Waals surface area contributed by atoms with Crippen LogP contribution < -0.4 is 10.3 Å². The van der Waals surface area contributed by atoms with Gasteiger partial charge in [0.05, 0.1) is 12.3 Å². The van der Waals surface area contributed by atoms with Crippen LogP contribution in [0.5, 0.6) is 0 Å². The molecular weight excluding hydrogens is 417 g/mol. The maximum atomic E-state index is 12.9. The van der Waals surface area contributed by atoms with E-state index in [0.717, 1.165) is 4.90 Å². The third-order valence-electron chi connectivity index (χ3n) is 4.42. The lowest BCUT2D eigenvalue weighted by Crippen LogP contribution is -2.55. The average Bonchev–Trinajstić information content (AvgIpc) is 2.89. The van der Waals surface area contributed by atoms with Crippen molar-refractivity contribution >= 4 is 57.9 Å². The van der Waals surface area contributed by atoms with Gasteiger partial charge in [0.25, 0.3) is 5.78 Å². The molecular formula is C20H17Cl2N3O4. The van der Waals surface area contributed by atoms with Gasteiger partial charge in [-0.2, -0.15) is 5.10 Å². The van der Waals surface area contributed by atoms with E-state index in [1.807, 2.05) is 0 Å². The van der Waals surface area contributed by atoms with Gasteiger partial charge in [-0.05, 0) is 62.4 Å². The van der Waals surface area contributed by atoms with Crippen molar-refractivity contribution in [2.45, 2.75) is 19.4 Å². The Balaban J connectivity index is 2.08. The molecule has 29 heavy (non-hydrogen) atoms. The minimum absolute atomic E-state index is 0.0726. The third-order valence-corrected chi connectivity index (χ3v) is 4.92. The normalized spacial score (nSPS) is 20.3. The van der Waals surface area contributed by atoms with E-state index in [0.29, 0.717) is 21.4 Å². The predicted octanol–water partition coefficient (Wildman–Crippen LogP) is 3.70. The molecule has 9 heteroatoms. The van der Waals surface area contributed by atoms with Gasteiger partial charge in [-0.1, -0.05) is 23.2 Å². The second-order valence-corrected chi connectivity index (χ2v) is 7.19. The molecule has 0 aliphatic carbocycles. The van der Waals surface area contributed by atoms with Crippen LogP contribution in [-0.4, -0.2) is 35.5 Å². The first-order valence-electron chi connectivity index (χ1n) is 8.70. The van der Waals surface area contributed by atoms with E-state index < -0.39 is 23.2 Å². The van der Waals surface area contributed by atoms with Gasteiger partial charge in [0, 0.05) is 15.7 Å². The van der Waals surface area contributed by atoms with Gasteiger partial charge < -0.3 is 4.74 Å². The van der Waals surface area contributed by atoms with Crippen LogP contribution in [0.25, 0.3) is 0 Å². The largest absolute Gasteiger partial charge is 0.464 e. The summed E-state index contributed by atoms with van der Waals surface area (Å²) in [6, 6.07) is 12.8. The molecule has 1 saturated heterocycles. The SMILES string of the molecule is CCOC(=O)C1(C)/C(=N\Nc2ccc(Cl)cc2)C(=O)C(=O)N1c1ccc(Cl)cc1. The van der Waals surface area contributed by atoms with Gasteiger partial charge in [0.15, 0.2) is 11.3 Å². The molecule has 0 spiro atoms. The molecule has 2 aromatic carbocycles. The Hall–Kier alpha value is -2.90. The van der Waals surface area contributed by atoms with Crippen LogP contribution in [0, 0.1) is 0 Å². The van der Waals surface area contributed by atoms with E-state index in [4.69, 9.17) is 27.9 Å². The molecule has 1 aliphatic heterocycles. The van der Waals surface area contributed by atoms with Gasteiger partial charge in [-0.25, -0.2) is 4.79 Å². The number of carbonyl (C=O) groups is 3. The maximum Gasteiger partial charge on any atom is 0.338 e. The first-order valence-corrected chi connectivity index (χ1v) is 9.46. The number of nitrogens with one attached hydrogen (secondary N) is 1. The molecule has 7 nitrogen and oxygen atoms in total. The van der Waals surface area contributed by atoms with E-state index in [1.165, 1.54) is 6.92 Å². The monoisotopic (exact) mass is 433 g/mol. The Morgan fingerprint density at radius 3 is 2.17 bits per heavy atom. The van der Waals surface area contributed by atoms with E-state index >= 15 is 0 Å². The molecule has 150 valence electrons. The molecule has 0 radical (unpaired) electrons. The van der Waals surface area contributed by atoms with Crippen LogP contribution in [0.15, 0.2) is 53.6 Å². The fourth-order valence-corrected chi connectivity index (χ4v) is 3.21. The van der Waals surface area contributed by atoms with Crippen molar-refractivity contribution in [3.8, 4) is 0 Å².